The van der Waals surface area contributed by atoms with Gasteiger partial charge >= 0.3 is 6.18 Å². The number of likely N-dealkylation sites (tertiary alicyclic amines) is 1. The lowest BCUT2D eigenvalue weighted by molar-refractivity contribution is -0.137. The van der Waals surface area contributed by atoms with Crippen LogP contribution in [-0.4, -0.2) is 38.0 Å². The quantitative estimate of drug-likeness (QED) is 0.856. The largest absolute Gasteiger partial charge is 0.489 e. The number of hydrogen-bond donors (Lipinski definition) is 1. The van der Waals surface area contributed by atoms with Crippen molar-refractivity contribution in [3.8, 4) is 5.75 Å². The fourth-order valence-corrected chi connectivity index (χ4v) is 2.66. The van der Waals surface area contributed by atoms with Crippen molar-refractivity contribution < 1.29 is 22.7 Å². The van der Waals surface area contributed by atoms with Crippen molar-refractivity contribution in [2.24, 2.45) is 5.92 Å². The number of carbonyl (C=O) groups is 1. The molecule has 2 aromatic rings. The molecule has 1 heterocycles. The molecule has 0 spiro atoms. The summed E-state index contributed by atoms with van der Waals surface area (Å²) in [7, 11) is 3.69. The first kappa shape index (κ1) is 21.8. The van der Waals surface area contributed by atoms with E-state index in [2.05, 4.69) is 10.2 Å². The highest BCUT2D eigenvalue weighted by molar-refractivity contribution is 5.79. The number of benzene rings is 2. The molecule has 0 bridgehead atoms. The Morgan fingerprint density at radius 2 is 1.68 bits per heavy atom. The highest BCUT2D eigenvalue weighted by Gasteiger charge is 2.30. The number of ether oxygens (including phenoxy) is 1. The molecule has 0 atom stereocenters. The Morgan fingerprint density at radius 3 is 2.14 bits per heavy atom. The number of rotatable bonds is 4. The average molecular weight is 394 g/mol. The minimum atomic E-state index is -4.30. The van der Waals surface area contributed by atoms with E-state index >= 15 is 0 Å². The first-order valence-corrected chi connectivity index (χ1v) is 8.94. The van der Waals surface area contributed by atoms with Gasteiger partial charge in [-0.25, -0.2) is 0 Å². The second kappa shape index (κ2) is 9.59. The minimum Gasteiger partial charge on any atom is -0.489 e. The average Bonchev–Trinajstić information content (AvgIpc) is 2.64. The van der Waals surface area contributed by atoms with Gasteiger partial charge in [-0.1, -0.05) is 29.8 Å². The maximum Gasteiger partial charge on any atom is 0.416 e. The van der Waals surface area contributed by atoms with Crippen molar-refractivity contribution >= 4 is 5.91 Å². The number of alkyl halides is 3. The van der Waals surface area contributed by atoms with E-state index in [1.54, 1.807) is 7.05 Å². The Labute approximate surface area is 163 Å². The van der Waals surface area contributed by atoms with Gasteiger partial charge in [-0.3, -0.25) is 4.79 Å². The number of nitrogens with one attached hydrogen (secondary N) is 1. The number of carbonyl (C=O) groups excluding carboxylic acids is 1. The van der Waals surface area contributed by atoms with Crippen LogP contribution < -0.4 is 10.1 Å². The van der Waals surface area contributed by atoms with Gasteiger partial charge in [-0.2, -0.15) is 13.2 Å². The minimum absolute atomic E-state index is 0.174. The molecule has 0 aliphatic carbocycles. The molecule has 0 aromatic heterocycles. The van der Waals surface area contributed by atoms with Crippen LogP contribution in [0.1, 0.15) is 16.7 Å². The summed E-state index contributed by atoms with van der Waals surface area (Å²) in [5.41, 5.74) is 1.18. The predicted octanol–water partition coefficient (Wildman–Crippen LogP) is 3.89. The normalized spacial score (nSPS) is 14.5. The van der Waals surface area contributed by atoms with Gasteiger partial charge in [0.1, 0.15) is 12.4 Å². The monoisotopic (exact) mass is 394 g/mol. The van der Waals surface area contributed by atoms with Gasteiger partial charge in [0.05, 0.1) is 11.5 Å². The highest BCUT2D eigenvalue weighted by Crippen LogP contribution is 2.29. The molecular weight excluding hydrogens is 369 g/mol. The molecule has 0 radical (unpaired) electrons. The molecule has 1 fully saturated rings. The molecule has 0 saturated carbocycles. The third kappa shape index (κ3) is 6.56. The standard InChI is InChI=1S/C15H13F3O.C6H12N2O/c1-11-2-8-14(9-3-11)19-10-12-4-6-13(7-5-12)15(16,17)18;1-7-6(9)5-3-8(2)4-5/h2-9H,10H2,1H3;5H,3-4H2,1-2H3,(H,7,9). The second-order valence-corrected chi connectivity index (χ2v) is 6.83. The first-order valence-electron chi connectivity index (χ1n) is 8.94. The topological polar surface area (TPSA) is 41.6 Å². The molecule has 7 heteroatoms. The van der Waals surface area contributed by atoms with Gasteiger partial charge < -0.3 is 15.0 Å². The highest BCUT2D eigenvalue weighted by atomic mass is 19.4. The molecule has 1 saturated heterocycles. The molecule has 0 unspecified atom stereocenters. The van der Waals surface area contributed by atoms with E-state index in [1.807, 2.05) is 38.2 Å². The van der Waals surface area contributed by atoms with E-state index in [0.717, 1.165) is 30.8 Å². The van der Waals surface area contributed by atoms with Crippen LogP contribution in [0.3, 0.4) is 0 Å². The molecule has 2 aromatic carbocycles. The van der Waals surface area contributed by atoms with Gasteiger partial charge in [-0.05, 0) is 43.8 Å². The summed E-state index contributed by atoms with van der Waals surface area (Å²) in [6.45, 7) is 4.06. The second-order valence-electron chi connectivity index (χ2n) is 6.83. The third-order valence-corrected chi connectivity index (χ3v) is 4.39. The van der Waals surface area contributed by atoms with Gasteiger partial charge in [0.15, 0.2) is 0 Å². The number of hydrogen-bond acceptors (Lipinski definition) is 3. The van der Waals surface area contributed by atoms with E-state index in [0.29, 0.717) is 11.3 Å². The Balaban J connectivity index is 0.000000261. The SMILES string of the molecule is CNC(=O)C1CN(C)C1.Cc1ccc(OCc2ccc(C(F)(F)F)cc2)cc1. The molecule has 1 aliphatic rings. The van der Waals surface area contributed by atoms with Crippen LogP contribution in [0.5, 0.6) is 5.75 Å². The molecule has 4 nitrogen and oxygen atoms in total. The maximum atomic E-state index is 12.4. The summed E-state index contributed by atoms with van der Waals surface area (Å²) in [6, 6.07) is 12.5. The summed E-state index contributed by atoms with van der Waals surface area (Å²) in [4.78, 5) is 12.9. The van der Waals surface area contributed by atoms with Crippen LogP contribution in [0.2, 0.25) is 0 Å². The first-order chi connectivity index (χ1) is 13.2. The Bertz CT molecular complexity index is 753. The lowest BCUT2D eigenvalue weighted by Gasteiger charge is -2.34. The zero-order valence-electron chi connectivity index (χ0n) is 16.2. The zero-order chi connectivity index (χ0) is 20.7. The summed E-state index contributed by atoms with van der Waals surface area (Å²) >= 11 is 0. The molecule has 3 rings (SSSR count). The summed E-state index contributed by atoms with van der Waals surface area (Å²) in [5.74, 6) is 1.12. The van der Waals surface area contributed by atoms with E-state index in [9.17, 15) is 18.0 Å². The molecule has 1 N–H and O–H groups in total. The van der Waals surface area contributed by atoms with Crippen LogP contribution in [0.15, 0.2) is 48.5 Å². The zero-order valence-corrected chi connectivity index (χ0v) is 16.2. The Hall–Kier alpha value is -2.54. The molecule has 152 valence electrons. The summed E-state index contributed by atoms with van der Waals surface area (Å²) in [6.07, 6.45) is -4.30. The Kier molecular flexibility index (Phi) is 7.45. The summed E-state index contributed by atoms with van der Waals surface area (Å²) in [5, 5.41) is 2.62. The van der Waals surface area contributed by atoms with Crippen molar-refractivity contribution in [3.63, 3.8) is 0 Å². The van der Waals surface area contributed by atoms with Crippen LogP contribution in [-0.2, 0) is 17.6 Å². The number of halogens is 3. The smallest absolute Gasteiger partial charge is 0.416 e. The molecule has 28 heavy (non-hydrogen) atoms. The van der Waals surface area contributed by atoms with Gasteiger partial charge in [-0.15, -0.1) is 0 Å². The van der Waals surface area contributed by atoms with Gasteiger partial charge in [0.2, 0.25) is 5.91 Å². The maximum absolute atomic E-state index is 12.4. The van der Waals surface area contributed by atoms with Crippen molar-refractivity contribution in [1.82, 2.24) is 10.2 Å². The van der Waals surface area contributed by atoms with Crippen LogP contribution >= 0.6 is 0 Å². The predicted molar refractivity (Wildman–Crippen MR) is 102 cm³/mol. The van der Waals surface area contributed by atoms with E-state index < -0.39 is 11.7 Å². The summed E-state index contributed by atoms with van der Waals surface area (Å²) < 4.78 is 42.6. The fraction of sp³-hybridized carbons (Fsp3) is 0.381. The Morgan fingerprint density at radius 1 is 1.11 bits per heavy atom. The van der Waals surface area contributed by atoms with Gasteiger partial charge in [0, 0.05) is 20.1 Å². The number of nitrogens with zero attached hydrogens (tertiary/aromatic N) is 1. The third-order valence-electron chi connectivity index (χ3n) is 4.39. The van der Waals surface area contributed by atoms with E-state index in [4.69, 9.17) is 4.74 Å². The molecular formula is C21H25F3N2O2. The van der Waals surface area contributed by atoms with E-state index in [1.165, 1.54) is 12.1 Å². The lowest BCUT2D eigenvalue weighted by atomic mass is 10.0. The van der Waals surface area contributed by atoms with Crippen molar-refractivity contribution in [2.45, 2.75) is 19.7 Å². The molecule has 1 amide bonds. The molecule has 1 aliphatic heterocycles. The van der Waals surface area contributed by atoms with Crippen LogP contribution in [0, 0.1) is 12.8 Å². The van der Waals surface area contributed by atoms with Crippen molar-refractivity contribution in [1.29, 1.82) is 0 Å². The number of amides is 1. The number of aryl methyl sites for hydroxylation is 1. The lowest BCUT2D eigenvalue weighted by Crippen LogP contribution is -2.50. The van der Waals surface area contributed by atoms with Crippen molar-refractivity contribution in [3.05, 3.63) is 65.2 Å². The fourth-order valence-electron chi connectivity index (χ4n) is 2.66. The van der Waals surface area contributed by atoms with Crippen LogP contribution in [0.4, 0.5) is 13.2 Å². The van der Waals surface area contributed by atoms with Crippen LogP contribution in [0.25, 0.3) is 0 Å². The van der Waals surface area contributed by atoms with E-state index in [-0.39, 0.29) is 18.4 Å². The van der Waals surface area contributed by atoms with Gasteiger partial charge in [0.25, 0.3) is 0 Å². The van der Waals surface area contributed by atoms with Crippen molar-refractivity contribution in [2.75, 3.05) is 27.2 Å².